The van der Waals surface area contributed by atoms with Crippen LogP contribution in [0.5, 0.6) is 5.88 Å². The number of aromatic nitrogens is 2. The number of ether oxygens (including phenoxy) is 1. The van der Waals surface area contributed by atoms with Gasteiger partial charge in [-0.3, -0.25) is 9.52 Å². The summed E-state index contributed by atoms with van der Waals surface area (Å²) in [5, 5.41) is 3.38. The van der Waals surface area contributed by atoms with Crippen molar-refractivity contribution >= 4 is 23.8 Å². The molecule has 32 heavy (non-hydrogen) atoms. The van der Waals surface area contributed by atoms with Crippen LogP contribution in [-0.2, 0) is 0 Å². The van der Waals surface area contributed by atoms with Crippen LogP contribution in [0.4, 0.5) is 5.95 Å². The summed E-state index contributed by atoms with van der Waals surface area (Å²) in [6, 6.07) is 15.7. The molecule has 5 rings (SSSR count). The second-order valence-electron chi connectivity index (χ2n) is 8.11. The number of nitrogens with zero attached hydrogens (tertiary/aromatic N) is 3. The molecule has 1 amide bonds. The number of benzene rings is 2. The highest BCUT2D eigenvalue weighted by Crippen LogP contribution is 2.31. The summed E-state index contributed by atoms with van der Waals surface area (Å²) in [6.07, 6.45) is -0.216. The molecule has 1 fully saturated rings. The van der Waals surface area contributed by atoms with Crippen molar-refractivity contribution in [3.05, 3.63) is 65.2 Å². The van der Waals surface area contributed by atoms with Crippen molar-refractivity contribution in [3.8, 4) is 17.1 Å². The van der Waals surface area contributed by atoms with Gasteiger partial charge in [-0.1, -0.05) is 24.3 Å². The van der Waals surface area contributed by atoms with Gasteiger partial charge in [-0.05, 0) is 55.1 Å². The zero-order chi connectivity index (χ0) is 22.1. The van der Waals surface area contributed by atoms with Gasteiger partial charge >= 0.3 is 0 Å². The molecule has 1 atom stereocenters. The lowest BCUT2D eigenvalue weighted by Gasteiger charge is -2.24. The van der Waals surface area contributed by atoms with E-state index in [1.54, 1.807) is 0 Å². The largest absolute Gasteiger partial charge is 0.471 e. The standard InChI is InChI=1S/C24H25N5O2S/c1-15-5-3-6-16(2)22(15)20-12-21-27-24(26-20)28-32-19-8-4-7-17(11-19)23(30)29-10-9-25-13-18(14-29)31-21/h3-8,11-12,18,25H,9-10,13-14H2,1-2H3,(H,26,27,28). The molecule has 0 aliphatic carbocycles. The summed E-state index contributed by atoms with van der Waals surface area (Å²) in [6.45, 7) is 6.67. The fourth-order valence-corrected chi connectivity index (χ4v) is 4.80. The van der Waals surface area contributed by atoms with Gasteiger partial charge in [0.05, 0.1) is 12.2 Å². The molecule has 2 aliphatic rings. The first-order valence-corrected chi connectivity index (χ1v) is 11.5. The molecule has 3 heterocycles. The molecule has 2 N–H and O–H groups in total. The minimum Gasteiger partial charge on any atom is -0.471 e. The normalized spacial score (nSPS) is 18.4. The molecule has 3 aromatic rings. The summed E-state index contributed by atoms with van der Waals surface area (Å²) in [5.74, 6) is 0.977. The second kappa shape index (κ2) is 8.80. The van der Waals surface area contributed by atoms with E-state index in [1.807, 2.05) is 41.3 Å². The SMILES string of the molecule is Cc1cccc(C)c1-c1cc2nc(n1)NSc1cccc(c1)C(=O)N1CCNCC(C1)O2. The van der Waals surface area contributed by atoms with Crippen LogP contribution < -0.4 is 14.8 Å². The number of hydrogen-bond donors (Lipinski definition) is 2. The summed E-state index contributed by atoms with van der Waals surface area (Å²) in [7, 11) is 0. The highest BCUT2D eigenvalue weighted by molar-refractivity contribution is 8.00. The van der Waals surface area contributed by atoms with Crippen molar-refractivity contribution in [1.82, 2.24) is 20.2 Å². The lowest BCUT2D eigenvalue weighted by Crippen LogP contribution is -2.40. The average molecular weight is 448 g/mol. The lowest BCUT2D eigenvalue weighted by molar-refractivity contribution is 0.0693. The van der Waals surface area contributed by atoms with Crippen LogP contribution in [0.25, 0.3) is 11.3 Å². The van der Waals surface area contributed by atoms with Crippen LogP contribution >= 0.6 is 11.9 Å². The molecule has 0 saturated carbocycles. The van der Waals surface area contributed by atoms with E-state index in [-0.39, 0.29) is 12.0 Å². The molecule has 0 spiro atoms. The zero-order valence-electron chi connectivity index (χ0n) is 18.1. The molecule has 1 unspecified atom stereocenters. The number of rotatable bonds is 1. The van der Waals surface area contributed by atoms with E-state index >= 15 is 0 Å². The van der Waals surface area contributed by atoms with E-state index in [4.69, 9.17) is 9.72 Å². The number of amides is 1. The highest BCUT2D eigenvalue weighted by atomic mass is 32.2. The Kier molecular flexibility index (Phi) is 5.71. The van der Waals surface area contributed by atoms with Gasteiger partial charge in [-0.25, -0.2) is 4.98 Å². The number of anilines is 1. The third-order valence-corrected chi connectivity index (χ3v) is 6.48. The van der Waals surface area contributed by atoms with Crippen molar-refractivity contribution in [1.29, 1.82) is 0 Å². The van der Waals surface area contributed by atoms with Gasteiger partial charge in [0.15, 0.2) is 0 Å². The third-order valence-electron chi connectivity index (χ3n) is 5.71. The smallest absolute Gasteiger partial charge is 0.254 e. The average Bonchev–Trinajstić information content (AvgIpc) is 3.02. The molecular weight excluding hydrogens is 422 g/mol. The maximum absolute atomic E-state index is 13.2. The van der Waals surface area contributed by atoms with E-state index < -0.39 is 0 Å². The van der Waals surface area contributed by atoms with Crippen molar-refractivity contribution in [3.63, 3.8) is 0 Å². The Balaban J connectivity index is 1.60. The summed E-state index contributed by atoms with van der Waals surface area (Å²) >= 11 is 1.38. The predicted octanol–water partition coefficient (Wildman–Crippen LogP) is 3.69. The number of nitrogens with one attached hydrogen (secondary N) is 2. The predicted molar refractivity (Wildman–Crippen MR) is 126 cm³/mol. The Bertz CT molecular complexity index is 1150. The summed E-state index contributed by atoms with van der Waals surface area (Å²) in [4.78, 5) is 25.3. The van der Waals surface area contributed by atoms with Crippen molar-refractivity contribution in [2.24, 2.45) is 0 Å². The Morgan fingerprint density at radius 3 is 2.75 bits per heavy atom. The van der Waals surface area contributed by atoms with Gasteiger partial charge in [0.25, 0.3) is 5.91 Å². The first-order valence-electron chi connectivity index (χ1n) is 10.7. The molecule has 1 aromatic heterocycles. The quantitative estimate of drug-likeness (QED) is 0.551. The van der Waals surface area contributed by atoms with Gasteiger partial charge in [0, 0.05) is 41.7 Å². The summed E-state index contributed by atoms with van der Waals surface area (Å²) in [5.41, 5.74) is 4.85. The Hall–Kier alpha value is -3.10. The molecule has 8 heteroatoms. The van der Waals surface area contributed by atoms with E-state index in [2.05, 4.69) is 41.0 Å². The van der Waals surface area contributed by atoms with E-state index in [0.717, 1.165) is 33.8 Å². The van der Waals surface area contributed by atoms with Crippen LogP contribution in [0.15, 0.2) is 53.4 Å². The molecule has 2 aromatic carbocycles. The highest BCUT2D eigenvalue weighted by Gasteiger charge is 2.25. The number of fused-ring (bicyclic) bond motifs is 6. The van der Waals surface area contributed by atoms with E-state index in [1.165, 1.54) is 11.9 Å². The van der Waals surface area contributed by atoms with Gasteiger partial charge < -0.3 is 15.0 Å². The first-order chi connectivity index (χ1) is 15.6. The fraction of sp³-hybridized carbons (Fsp3) is 0.292. The molecule has 1 saturated heterocycles. The molecular formula is C24H25N5O2S. The number of hydrogen-bond acceptors (Lipinski definition) is 7. The number of aryl methyl sites for hydroxylation is 2. The zero-order valence-corrected chi connectivity index (χ0v) is 18.9. The molecule has 2 aliphatic heterocycles. The second-order valence-corrected chi connectivity index (χ2v) is 8.99. The fourth-order valence-electron chi connectivity index (χ4n) is 4.17. The van der Waals surface area contributed by atoms with Crippen LogP contribution in [0.2, 0.25) is 0 Å². The van der Waals surface area contributed by atoms with Gasteiger partial charge in [0.1, 0.15) is 6.10 Å². The van der Waals surface area contributed by atoms with Crippen LogP contribution in [0, 0.1) is 13.8 Å². The molecule has 6 bridgehead atoms. The minimum atomic E-state index is -0.216. The van der Waals surface area contributed by atoms with Crippen LogP contribution in [0.3, 0.4) is 0 Å². The lowest BCUT2D eigenvalue weighted by atomic mass is 10.00. The monoisotopic (exact) mass is 447 g/mol. The van der Waals surface area contributed by atoms with Gasteiger partial charge in [-0.2, -0.15) is 4.98 Å². The minimum absolute atomic E-state index is 0.0121. The Morgan fingerprint density at radius 1 is 1.09 bits per heavy atom. The van der Waals surface area contributed by atoms with Crippen molar-refractivity contribution < 1.29 is 9.53 Å². The maximum atomic E-state index is 13.2. The van der Waals surface area contributed by atoms with Crippen molar-refractivity contribution in [2.75, 3.05) is 30.9 Å². The molecule has 164 valence electrons. The topological polar surface area (TPSA) is 79.4 Å². The molecule has 7 nitrogen and oxygen atoms in total. The van der Waals surface area contributed by atoms with Gasteiger partial charge in [0.2, 0.25) is 11.8 Å². The van der Waals surface area contributed by atoms with Crippen LogP contribution in [-0.4, -0.2) is 53.1 Å². The van der Waals surface area contributed by atoms with Gasteiger partial charge in [-0.15, -0.1) is 0 Å². The first kappa shape index (κ1) is 20.8. The third kappa shape index (κ3) is 4.28. The number of carbonyl (C=O) groups is 1. The Morgan fingerprint density at radius 2 is 1.91 bits per heavy atom. The number of carbonyl (C=O) groups excluding carboxylic acids is 1. The maximum Gasteiger partial charge on any atom is 0.254 e. The van der Waals surface area contributed by atoms with Crippen LogP contribution in [0.1, 0.15) is 21.5 Å². The van der Waals surface area contributed by atoms with Crippen molar-refractivity contribution in [2.45, 2.75) is 24.8 Å². The van der Waals surface area contributed by atoms with E-state index in [0.29, 0.717) is 37.0 Å². The molecule has 0 radical (unpaired) electrons. The Labute approximate surface area is 191 Å². The summed E-state index contributed by atoms with van der Waals surface area (Å²) < 4.78 is 9.55. The van der Waals surface area contributed by atoms with E-state index in [9.17, 15) is 4.79 Å².